The molecule has 1 heterocycles. The van der Waals surface area contributed by atoms with Crippen molar-refractivity contribution in [1.82, 2.24) is 0 Å². The molecule has 1 rings (SSSR count). The maximum atomic E-state index is 9.15. The Balaban J connectivity index is 2.17. The number of ether oxygens (including phenoxy) is 2. The minimum absolute atomic E-state index is 0.106. The smallest absolute Gasteiger partial charge is 0.147 e. The van der Waals surface area contributed by atoms with Gasteiger partial charge < -0.3 is 19.0 Å². The third-order valence-electron chi connectivity index (χ3n) is 2.38. The van der Waals surface area contributed by atoms with E-state index < -0.39 is 14.2 Å². The van der Waals surface area contributed by atoms with E-state index in [1.165, 1.54) is 0 Å². The molecule has 0 spiro atoms. The highest BCUT2D eigenvalue weighted by Crippen LogP contribution is 2.17. The van der Waals surface area contributed by atoms with Crippen molar-refractivity contribution in [3.63, 3.8) is 0 Å². The Labute approximate surface area is 104 Å². The molecule has 1 aromatic rings. The van der Waals surface area contributed by atoms with Crippen molar-refractivity contribution in [2.24, 2.45) is 0 Å². The van der Waals surface area contributed by atoms with E-state index >= 15 is 0 Å². The number of aliphatic hydroxyl groups is 1. The van der Waals surface area contributed by atoms with E-state index in [2.05, 4.69) is 19.6 Å². The third-order valence-corrected chi connectivity index (χ3v) is 4.08. The highest BCUT2D eigenvalue weighted by atomic mass is 28.3. The summed E-state index contributed by atoms with van der Waals surface area (Å²) in [5, 5.41) is 9.15. The lowest BCUT2D eigenvalue weighted by Gasteiger charge is -2.17. The van der Waals surface area contributed by atoms with E-state index in [0.717, 1.165) is 6.04 Å². The Hall–Kier alpha value is -0.623. The second-order valence-corrected chi connectivity index (χ2v) is 10.8. The van der Waals surface area contributed by atoms with Crippen LogP contribution in [-0.2, 0) is 9.47 Å². The van der Waals surface area contributed by atoms with Crippen LogP contribution in [0.1, 0.15) is 11.9 Å². The van der Waals surface area contributed by atoms with Crippen LogP contribution < -0.4 is 0 Å². The Bertz CT molecular complexity index is 292. The molecule has 5 heteroatoms. The molecule has 1 atom stereocenters. The molecule has 1 aromatic heterocycles. The lowest BCUT2D eigenvalue weighted by atomic mass is 10.3. The second kappa shape index (κ2) is 6.96. The zero-order chi connectivity index (χ0) is 12.7. The summed E-state index contributed by atoms with van der Waals surface area (Å²) in [6.07, 6.45) is 1.13. The summed E-state index contributed by atoms with van der Waals surface area (Å²) in [5.41, 5.74) is 0. The first-order chi connectivity index (χ1) is 8.03. The van der Waals surface area contributed by atoms with Crippen molar-refractivity contribution in [2.45, 2.75) is 31.8 Å². The van der Waals surface area contributed by atoms with E-state index in [0.29, 0.717) is 12.4 Å². The lowest BCUT2D eigenvalue weighted by Crippen LogP contribution is -2.22. The SMILES string of the molecule is C[Si](C)(C)CCOCO[C@@H](CO)c1ccco1. The summed E-state index contributed by atoms with van der Waals surface area (Å²) in [4.78, 5) is 0. The fourth-order valence-corrected chi connectivity index (χ4v) is 2.02. The van der Waals surface area contributed by atoms with Gasteiger partial charge in [0.25, 0.3) is 0 Å². The molecule has 0 fully saturated rings. The first-order valence-electron chi connectivity index (χ1n) is 5.86. The number of rotatable bonds is 8. The zero-order valence-corrected chi connectivity index (χ0v) is 11.8. The normalized spacial score (nSPS) is 13.9. The maximum Gasteiger partial charge on any atom is 0.147 e. The molecule has 17 heavy (non-hydrogen) atoms. The Morgan fingerprint density at radius 1 is 1.41 bits per heavy atom. The van der Waals surface area contributed by atoms with Crippen molar-refractivity contribution < 1.29 is 19.0 Å². The van der Waals surface area contributed by atoms with Crippen molar-refractivity contribution in [3.8, 4) is 0 Å². The Morgan fingerprint density at radius 3 is 2.71 bits per heavy atom. The average molecular weight is 258 g/mol. The quantitative estimate of drug-likeness (QED) is 0.442. The molecule has 98 valence electrons. The summed E-state index contributed by atoms with van der Waals surface area (Å²) in [5.74, 6) is 0.626. The van der Waals surface area contributed by atoms with Crippen molar-refractivity contribution in [3.05, 3.63) is 24.2 Å². The van der Waals surface area contributed by atoms with E-state index in [1.807, 2.05) is 0 Å². The van der Waals surface area contributed by atoms with Crippen molar-refractivity contribution in [2.75, 3.05) is 20.0 Å². The van der Waals surface area contributed by atoms with Gasteiger partial charge in [-0.1, -0.05) is 19.6 Å². The predicted octanol–water partition coefficient (Wildman–Crippen LogP) is 2.64. The first kappa shape index (κ1) is 14.4. The zero-order valence-electron chi connectivity index (χ0n) is 10.8. The fourth-order valence-electron chi connectivity index (χ4n) is 1.27. The van der Waals surface area contributed by atoms with Crippen molar-refractivity contribution in [1.29, 1.82) is 0 Å². The second-order valence-electron chi connectivity index (χ2n) is 5.19. The summed E-state index contributed by atoms with van der Waals surface area (Å²) < 4.78 is 16.0. The molecule has 4 nitrogen and oxygen atoms in total. The summed E-state index contributed by atoms with van der Waals surface area (Å²) in [6.45, 7) is 7.71. The molecule has 0 saturated carbocycles. The van der Waals surface area contributed by atoms with E-state index in [4.69, 9.17) is 19.0 Å². The maximum absolute atomic E-state index is 9.15. The molecule has 0 aliphatic carbocycles. The molecule has 0 aromatic carbocycles. The lowest BCUT2D eigenvalue weighted by molar-refractivity contribution is -0.107. The van der Waals surface area contributed by atoms with E-state index in [1.54, 1.807) is 18.4 Å². The van der Waals surface area contributed by atoms with Gasteiger partial charge in [0, 0.05) is 14.7 Å². The topological polar surface area (TPSA) is 51.8 Å². The van der Waals surface area contributed by atoms with Gasteiger partial charge >= 0.3 is 0 Å². The van der Waals surface area contributed by atoms with Gasteiger partial charge in [0.2, 0.25) is 0 Å². The standard InChI is InChI=1S/C12H22O4Si/c1-17(2,3)8-7-14-10-16-12(9-13)11-5-4-6-15-11/h4-6,12-13H,7-10H2,1-3H3/t12-/m0/s1. The average Bonchev–Trinajstić information content (AvgIpc) is 2.75. The predicted molar refractivity (Wildman–Crippen MR) is 68.6 cm³/mol. The van der Waals surface area contributed by atoms with Crippen LogP contribution in [0.15, 0.2) is 22.8 Å². The molecular formula is C12H22O4Si. The fraction of sp³-hybridized carbons (Fsp3) is 0.667. The molecule has 0 bridgehead atoms. The van der Waals surface area contributed by atoms with Gasteiger partial charge in [-0.3, -0.25) is 0 Å². The van der Waals surface area contributed by atoms with Crippen LogP contribution in [0.3, 0.4) is 0 Å². The van der Waals surface area contributed by atoms with Gasteiger partial charge in [-0.15, -0.1) is 0 Å². The summed E-state index contributed by atoms with van der Waals surface area (Å²) in [7, 11) is -1.04. The van der Waals surface area contributed by atoms with Gasteiger partial charge in [-0.2, -0.15) is 0 Å². The van der Waals surface area contributed by atoms with Gasteiger partial charge in [0.1, 0.15) is 18.7 Å². The molecule has 1 N–H and O–H groups in total. The highest BCUT2D eigenvalue weighted by Gasteiger charge is 2.15. The van der Waals surface area contributed by atoms with Crippen LogP contribution in [-0.4, -0.2) is 33.2 Å². The molecule has 0 aliphatic heterocycles. The molecule has 0 aliphatic rings. The molecule has 0 unspecified atom stereocenters. The van der Waals surface area contributed by atoms with Gasteiger partial charge in [0.15, 0.2) is 0 Å². The summed E-state index contributed by atoms with van der Waals surface area (Å²) >= 11 is 0. The Morgan fingerprint density at radius 2 is 2.18 bits per heavy atom. The minimum atomic E-state index is -1.04. The first-order valence-corrected chi connectivity index (χ1v) is 9.57. The third kappa shape index (κ3) is 6.02. The van der Waals surface area contributed by atoms with Crippen LogP contribution in [0, 0.1) is 0 Å². The minimum Gasteiger partial charge on any atom is -0.466 e. The monoisotopic (exact) mass is 258 g/mol. The van der Waals surface area contributed by atoms with Crippen molar-refractivity contribution >= 4 is 8.07 Å². The van der Waals surface area contributed by atoms with Gasteiger partial charge in [-0.05, 0) is 18.2 Å². The number of hydrogen-bond acceptors (Lipinski definition) is 4. The highest BCUT2D eigenvalue weighted by molar-refractivity contribution is 6.76. The van der Waals surface area contributed by atoms with Crippen LogP contribution in [0.25, 0.3) is 0 Å². The number of furan rings is 1. The van der Waals surface area contributed by atoms with E-state index in [9.17, 15) is 0 Å². The largest absolute Gasteiger partial charge is 0.466 e. The summed E-state index contributed by atoms with van der Waals surface area (Å²) in [6, 6.07) is 4.66. The molecular weight excluding hydrogens is 236 g/mol. The van der Waals surface area contributed by atoms with Crippen LogP contribution in [0.5, 0.6) is 0 Å². The molecule has 0 saturated heterocycles. The van der Waals surface area contributed by atoms with Crippen LogP contribution >= 0.6 is 0 Å². The Kier molecular flexibility index (Phi) is 5.91. The molecule has 0 radical (unpaired) electrons. The van der Waals surface area contributed by atoms with Crippen LogP contribution in [0.2, 0.25) is 25.7 Å². The van der Waals surface area contributed by atoms with Gasteiger partial charge in [-0.25, -0.2) is 0 Å². The van der Waals surface area contributed by atoms with Crippen LogP contribution in [0.4, 0.5) is 0 Å². The molecule has 0 amide bonds. The number of hydrogen-bond donors (Lipinski definition) is 1. The van der Waals surface area contributed by atoms with E-state index in [-0.39, 0.29) is 13.4 Å². The number of aliphatic hydroxyl groups excluding tert-OH is 1. The van der Waals surface area contributed by atoms with Gasteiger partial charge in [0.05, 0.1) is 12.9 Å².